The molecule has 0 radical (unpaired) electrons. The van der Waals surface area contributed by atoms with Gasteiger partial charge in [0.15, 0.2) is 5.82 Å². The van der Waals surface area contributed by atoms with Crippen molar-refractivity contribution in [3.05, 3.63) is 66.4 Å². The SMILES string of the molecule is Cc1ccc(-c2nnc(N)c3c(N)n(-c4ccccc4)cc23)cc1. The lowest BCUT2D eigenvalue weighted by Gasteiger charge is -2.05. The Morgan fingerprint density at radius 3 is 2.29 bits per heavy atom. The predicted octanol–water partition coefficient (Wildman–Crippen LogP) is 3.56. The van der Waals surface area contributed by atoms with Gasteiger partial charge in [0.25, 0.3) is 0 Å². The van der Waals surface area contributed by atoms with E-state index in [1.54, 1.807) is 0 Å². The normalized spacial score (nSPS) is 11.0. The summed E-state index contributed by atoms with van der Waals surface area (Å²) in [5, 5.41) is 10.1. The third-order valence-electron chi connectivity index (χ3n) is 4.17. The van der Waals surface area contributed by atoms with E-state index in [4.69, 9.17) is 11.5 Å². The number of nitrogens with two attached hydrogens (primary N) is 2. The number of anilines is 2. The summed E-state index contributed by atoms with van der Waals surface area (Å²) in [7, 11) is 0. The van der Waals surface area contributed by atoms with E-state index in [2.05, 4.69) is 29.3 Å². The van der Waals surface area contributed by atoms with Crippen molar-refractivity contribution >= 4 is 22.4 Å². The minimum atomic E-state index is 0.341. The Morgan fingerprint density at radius 2 is 1.58 bits per heavy atom. The van der Waals surface area contributed by atoms with E-state index in [0.29, 0.717) is 11.6 Å². The zero-order valence-electron chi connectivity index (χ0n) is 13.3. The summed E-state index contributed by atoms with van der Waals surface area (Å²) in [5.41, 5.74) is 16.3. The fourth-order valence-electron chi connectivity index (χ4n) is 2.90. The van der Waals surface area contributed by atoms with Gasteiger partial charge in [-0.2, -0.15) is 0 Å². The highest BCUT2D eigenvalue weighted by Crippen LogP contribution is 2.35. The lowest BCUT2D eigenvalue weighted by Crippen LogP contribution is -2.00. The lowest BCUT2D eigenvalue weighted by atomic mass is 10.1. The molecule has 0 atom stereocenters. The van der Waals surface area contributed by atoms with Crippen molar-refractivity contribution in [2.24, 2.45) is 0 Å². The number of hydrogen-bond acceptors (Lipinski definition) is 4. The van der Waals surface area contributed by atoms with Gasteiger partial charge in [-0.15, -0.1) is 10.2 Å². The molecule has 0 saturated heterocycles. The number of para-hydroxylation sites is 1. The van der Waals surface area contributed by atoms with Gasteiger partial charge in [-0.3, -0.25) is 0 Å². The number of aryl methyl sites for hydroxylation is 1. The van der Waals surface area contributed by atoms with Crippen LogP contribution in [0.2, 0.25) is 0 Å². The first-order valence-corrected chi connectivity index (χ1v) is 7.70. The van der Waals surface area contributed by atoms with Crippen molar-refractivity contribution in [3.63, 3.8) is 0 Å². The van der Waals surface area contributed by atoms with E-state index in [9.17, 15) is 0 Å². The van der Waals surface area contributed by atoms with Gasteiger partial charge in [-0.1, -0.05) is 48.0 Å². The van der Waals surface area contributed by atoms with Gasteiger partial charge in [0, 0.05) is 22.8 Å². The van der Waals surface area contributed by atoms with Crippen LogP contribution in [0.25, 0.3) is 27.7 Å². The first-order chi connectivity index (χ1) is 11.6. The van der Waals surface area contributed by atoms with Crippen molar-refractivity contribution in [1.82, 2.24) is 14.8 Å². The number of rotatable bonds is 2. The van der Waals surface area contributed by atoms with Gasteiger partial charge < -0.3 is 16.0 Å². The Morgan fingerprint density at radius 1 is 0.875 bits per heavy atom. The first kappa shape index (κ1) is 14.3. The van der Waals surface area contributed by atoms with E-state index >= 15 is 0 Å². The van der Waals surface area contributed by atoms with Crippen LogP contribution in [0, 0.1) is 6.92 Å². The molecule has 0 aliphatic carbocycles. The summed E-state index contributed by atoms with van der Waals surface area (Å²) in [6.07, 6.45) is 1.97. The Kier molecular flexibility index (Phi) is 3.20. The number of hydrogen-bond donors (Lipinski definition) is 2. The third-order valence-corrected chi connectivity index (χ3v) is 4.17. The molecule has 0 saturated carbocycles. The van der Waals surface area contributed by atoms with Crippen LogP contribution < -0.4 is 11.5 Å². The Bertz CT molecular complexity index is 1020. The summed E-state index contributed by atoms with van der Waals surface area (Å²) in [6, 6.07) is 18.1. The number of aromatic nitrogens is 3. The van der Waals surface area contributed by atoms with Crippen molar-refractivity contribution in [2.75, 3.05) is 11.5 Å². The number of fused-ring (bicyclic) bond motifs is 1. The van der Waals surface area contributed by atoms with E-state index in [0.717, 1.165) is 27.7 Å². The molecule has 2 aromatic heterocycles. The zero-order valence-corrected chi connectivity index (χ0v) is 13.3. The third kappa shape index (κ3) is 2.18. The smallest absolute Gasteiger partial charge is 0.157 e. The molecular formula is C19H17N5. The number of nitrogens with zero attached hydrogens (tertiary/aromatic N) is 3. The largest absolute Gasteiger partial charge is 0.384 e. The maximum absolute atomic E-state index is 6.36. The molecule has 0 aliphatic heterocycles. The molecule has 5 heteroatoms. The van der Waals surface area contributed by atoms with Crippen molar-refractivity contribution < 1.29 is 0 Å². The van der Waals surface area contributed by atoms with Gasteiger partial charge in [-0.05, 0) is 19.1 Å². The maximum Gasteiger partial charge on any atom is 0.157 e. The molecule has 5 nitrogen and oxygen atoms in total. The van der Waals surface area contributed by atoms with Gasteiger partial charge in [0.05, 0.1) is 5.39 Å². The predicted molar refractivity (Wildman–Crippen MR) is 97.9 cm³/mol. The van der Waals surface area contributed by atoms with Crippen LogP contribution >= 0.6 is 0 Å². The van der Waals surface area contributed by atoms with E-state index in [1.807, 2.05) is 53.2 Å². The molecule has 0 amide bonds. The van der Waals surface area contributed by atoms with E-state index in [1.165, 1.54) is 5.56 Å². The highest BCUT2D eigenvalue weighted by Gasteiger charge is 2.17. The molecule has 118 valence electrons. The van der Waals surface area contributed by atoms with E-state index in [-0.39, 0.29) is 0 Å². The highest BCUT2D eigenvalue weighted by atomic mass is 15.2. The summed E-state index contributed by atoms with van der Waals surface area (Å²) in [6.45, 7) is 2.05. The number of nitrogen functional groups attached to an aromatic ring is 2. The fourth-order valence-corrected chi connectivity index (χ4v) is 2.90. The average Bonchev–Trinajstić information content (AvgIpc) is 2.95. The van der Waals surface area contributed by atoms with Crippen LogP contribution in [0.15, 0.2) is 60.8 Å². The monoisotopic (exact) mass is 315 g/mol. The maximum atomic E-state index is 6.36. The minimum Gasteiger partial charge on any atom is -0.384 e. The van der Waals surface area contributed by atoms with Crippen LogP contribution in [0.4, 0.5) is 11.6 Å². The zero-order chi connectivity index (χ0) is 16.7. The molecule has 4 rings (SSSR count). The highest BCUT2D eigenvalue weighted by molar-refractivity contribution is 6.06. The second-order valence-electron chi connectivity index (χ2n) is 5.81. The van der Waals surface area contributed by atoms with Crippen LogP contribution in [-0.2, 0) is 0 Å². The molecule has 4 N–H and O–H groups in total. The second-order valence-corrected chi connectivity index (χ2v) is 5.81. The van der Waals surface area contributed by atoms with Crippen molar-refractivity contribution in [2.45, 2.75) is 6.92 Å². The molecule has 2 heterocycles. The van der Waals surface area contributed by atoms with Gasteiger partial charge in [0.1, 0.15) is 11.5 Å². The summed E-state index contributed by atoms with van der Waals surface area (Å²) in [5.74, 6) is 0.907. The second kappa shape index (κ2) is 5.38. The summed E-state index contributed by atoms with van der Waals surface area (Å²) in [4.78, 5) is 0. The van der Waals surface area contributed by atoms with Crippen molar-refractivity contribution in [1.29, 1.82) is 0 Å². The average molecular weight is 315 g/mol. The first-order valence-electron chi connectivity index (χ1n) is 7.70. The van der Waals surface area contributed by atoms with Gasteiger partial charge >= 0.3 is 0 Å². The van der Waals surface area contributed by atoms with Crippen molar-refractivity contribution in [3.8, 4) is 16.9 Å². The minimum absolute atomic E-state index is 0.341. The molecule has 0 unspecified atom stereocenters. The quantitative estimate of drug-likeness (QED) is 0.592. The standard InChI is InChI=1S/C19H17N5/c1-12-7-9-13(10-8-12)17-15-11-24(14-5-3-2-4-6-14)19(21)16(15)18(20)23-22-17/h2-11H,21H2,1H3,(H2,20,23). The summed E-state index contributed by atoms with van der Waals surface area (Å²) < 4.78 is 1.92. The van der Waals surface area contributed by atoms with E-state index < -0.39 is 0 Å². The molecular weight excluding hydrogens is 298 g/mol. The number of benzene rings is 2. The van der Waals surface area contributed by atoms with Crippen LogP contribution in [0.5, 0.6) is 0 Å². The molecule has 0 aliphatic rings. The van der Waals surface area contributed by atoms with Crippen LogP contribution in [-0.4, -0.2) is 14.8 Å². The molecule has 0 spiro atoms. The Balaban J connectivity index is 2.01. The molecule has 0 fully saturated rings. The summed E-state index contributed by atoms with van der Waals surface area (Å²) >= 11 is 0. The fraction of sp³-hybridized carbons (Fsp3) is 0.0526. The Labute approximate surface area is 139 Å². The Hall–Kier alpha value is -3.34. The molecule has 4 aromatic rings. The topological polar surface area (TPSA) is 82.8 Å². The van der Waals surface area contributed by atoms with Crippen LogP contribution in [0.3, 0.4) is 0 Å². The van der Waals surface area contributed by atoms with Gasteiger partial charge in [0.2, 0.25) is 0 Å². The molecule has 2 aromatic carbocycles. The lowest BCUT2D eigenvalue weighted by molar-refractivity contribution is 1.07. The van der Waals surface area contributed by atoms with Gasteiger partial charge in [-0.25, -0.2) is 0 Å². The molecule has 0 bridgehead atoms. The molecule has 24 heavy (non-hydrogen) atoms. The van der Waals surface area contributed by atoms with Crippen LogP contribution in [0.1, 0.15) is 5.56 Å².